The summed E-state index contributed by atoms with van der Waals surface area (Å²) in [5.74, 6) is -4.54. The smallest absolute Gasteiger partial charge is 0.330 e. The highest BCUT2D eigenvalue weighted by atomic mass is 32.1. The molecule has 21 nitrogen and oxygen atoms in total. The molecule has 488 valence electrons. The highest BCUT2D eigenvalue weighted by Gasteiger charge is 2.34. The fourth-order valence-electron chi connectivity index (χ4n) is 10.1. The normalized spacial score (nSPS) is 16.1. The Kier molecular flexibility index (Phi) is 28.7. The van der Waals surface area contributed by atoms with Gasteiger partial charge in [-0.25, -0.2) is 29.2 Å². The predicted octanol–water partition coefficient (Wildman–Crippen LogP) is 12.2. The standard InChI is InChI=1S/C70H79N3O18S/c1-5-62(74)84-41-17-11-9-15-39-82-54-29-33-56(34-30-54)88-66(78)49-21-23-51(24-22-49)68(80)90-58-37-38-60(53(43-58)44-71-73(70-72-59-19-13-14-20-61(59)92-70)45-48(46-86-64(76)7-3)47-87-65(77)8-4)91-69(81)52-27-25-50(26-28-52)67(79)89-57-35-31-55(32-36-57)83-40-16-10-12-18-42-85-63(75)6-2/h5-8,13-14,19-20,29-38,43-44,48-52H,1-4,9-12,15-18,21-28,39-42,45-47H2/b71-44+. The zero-order chi connectivity index (χ0) is 65.5. The summed E-state index contributed by atoms with van der Waals surface area (Å²) in [5, 5.41) is 6.81. The van der Waals surface area contributed by atoms with E-state index < -0.39 is 77.3 Å². The van der Waals surface area contributed by atoms with Gasteiger partial charge in [-0.15, -0.1) is 0 Å². The number of ether oxygens (including phenoxy) is 10. The molecular formula is C70H79N3O18S. The van der Waals surface area contributed by atoms with Gasteiger partial charge < -0.3 is 47.4 Å². The molecule has 92 heavy (non-hydrogen) atoms. The van der Waals surface area contributed by atoms with E-state index in [-0.39, 0.29) is 36.8 Å². The summed E-state index contributed by atoms with van der Waals surface area (Å²) in [5.41, 5.74) is 0.917. The summed E-state index contributed by atoms with van der Waals surface area (Å²) < 4.78 is 56.9. The molecule has 0 aliphatic heterocycles. The van der Waals surface area contributed by atoms with Crippen molar-refractivity contribution in [2.75, 3.05) is 51.2 Å². The van der Waals surface area contributed by atoms with Gasteiger partial charge in [-0.3, -0.25) is 19.2 Å². The van der Waals surface area contributed by atoms with Crippen molar-refractivity contribution in [1.82, 2.24) is 4.98 Å². The molecule has 0 radical (unpaired) electrons. The van der Waals surface area contributed by atoms with Gasteiger partial charge in [-0.2, -0.15) is 5.10 Å². The van der Waals surface area contributed by atoms with Crippen LogP contribution in [0.25, 0.3) is 10.2 Å². The maximum atomic E-state index is 14.1. The first-order valence-electron chi connectivity index (χ1n) is 31.0. The average molecular weight is 1280 g/mol. The summed E-state index contributed by atoms with van der Waals surface area (Å²) in [6, 6.07) is 25.6. The highest BCUT2D eigenvalue weighted by molar-refractivity contribution is 7.22. The maximum absolute atomic E-state index is 14.1. The zero-order valence-electron chi connectivity index (χ0n) is 51.6. The van der Waals surface area contributed by atoms with Crippen LogP contribution in [0, 0.1) is 29.6 Å². The number of rotatable bonds is 37. The molecule has 1 aromatic heterocycles. The van der Waals surface area contributed by atoms with Crippen LogP contribution >= 0.6 is 11.3 Å². The van der Waals surface area contributed by atoms with Gasteiger partial charge in [0.2, 0.25) is 5.13 Å². The molecule has 0 amide bonds. The van der Waals surface area contributed by atoms with E-state index in [1.807, 2.05) is 24.3 Å². The van der Waals surface area contributed by atoms with Gasteiger partial charge >= 0.3 is 47.8 Å². The molecule has 1 heterocycles. The SMILES string of the molecule is C=CC(=O)OCCCCCCOc1ccc(OC(=O)C2CCC(C(=O)Oc3ccc(OC(=O)C4CCC(C(=O)Oc5ccc(OCCCCCCOC(=O)C=C)cc5)CC4)c(/C=N/N(CC(COC(=O)C=C)COC(=O)C=C)c4nc5ccccc5s4)c3)CC2)cc1. The van der Waals surface area contributed by atoms with Crippen molar-refractivity contribution < 1.29 is 85.7 Å². The van der Waals surface area contributed by atoms with Gasteiger partial charge in [0.1, 0.15) is 34.5 Å². The molecule has 0 N–H and O–H groups in total. The van der Waals surface area contributed by atoms with E-state index in [1.165, 1.54) is 35.8 Å². The number of nitrogens with zero attached hydrogens (tertiary/aromatic N) is 3. The topological polar surface area (TPSA) is 257 Å². The van der Waals surface area contributed by atoms with Crippen molar-refractivity contribution in [2.45, 2.75) is 103 Å². The summed E-state index contributed by atoms with van der Waals surface area (Å²) in [6.45, 7) is 15.1. The van der Waals surface area contributed by atoms with Gasteiger partial charge in [0.05, 0.1) is 86.3 Å². The third-order valence-electron chi connectivity index (χ3n) is 15.2. The van der Waals surface area contributed by atoms with Crippen LogP contribution in [-0.4, -0.2) is 105 Å². The number of hydrazone groups is 1. The first-order chi connectivity index (χ1) is 44.7. The van der Waals surface area contributed by atoms with Crippen LogP contribution in [0.4, 0.5) is 5.13 Å². The summed E-state index contributed by atoms with van der Waals surface area (Å²) in [4.78, 5) is 106. The molecular weight excluding hydrogens is 1200 g/mol. The number of carbonyl (C=O) groups is 8. The Morgan fingerprint density at radius 1 is 0.478 bits per heavy atom. The Balaban J connectivity index is 0.978. The fraction of sp³-hybridized carbons (Fsp3) is 0.400. The summed E-state index contributed by atoms with van der Waals surface area (Å²) in [7, 11) is 0. The van der Waals surface area contributed by atoms with Crippen LogP contribution < -0.4 is 33.4 Å². The number of hydrogen-bond donors (Lipinski definition) is 0. The lowest BCUT2D eigenvalue weighted by atomic mass is 9.82. The third-order valence-corrected chi connectivity index (χ3v) is 16.3. The van der Waals surface area contributed by atoms with E-state index >= 15 is 0 Å². The van der Waals surface area contributed by atoms with Crippen molar-refractivity contribution in [3.8, 4) is 34.5 Å². The molecule has 22 heteroatoms. The molecule has 4 aromatic carbocycles. The van der Waals surface area contributed by atoms with Crippen LogP contribution in [0.2, 0.25) is 0 Å². The van der Waals surface area contributed by atoms with Crippen molar-refractivity contribution in [3.05, 3.63) is 147 Å². The second-order valence-corrected chi connectivity index (χ2v) is 23.0. The van der Waals surface area contributed by atoms with Crippen molar-refractivity contribution >= 4 is 80.7 Å². The van der Waals surface area contributed by atoms with Gasteiger partial charge in [0, 0.05) is 35.8 Å². The Hall–Kier alpha value is -9.44. The first-order valence-corrected chi connectivity index (χ1v) is 31.8. The van der Waals surface area contributed by atoms with Crippen LogP contribution in [0.15, 0.2) is 147 Å². The number of carbonyl (C=O) groups excluding carboxylic acids is 8. The van der Waals surface area contributed by atoms with Crippen LogP contribution in [0.5, 0.6) is 34.5 Å². The number of unbranched alkanes of at least 4 members (excludes halogenated alkanes) is 6. The van der Waals surface area contributed by atoms with Crippen LogP contribution in [0.3, 0.4) is 0 Å². The molecule has 0 unspecified atom stereocenters. The first kappa shape index (κ1) is 70.0. The lowest BCUT2D eigenvalue weighted by molar-refractivity contribution is -0.145. The summed E-state index contributed by atoms with van der Waals surface area (Å²) in [6.07, 6.45) is 15.4. The quantitative estimate of drug-likeness (QED) is 0.00681. The molecule has 7 rings (SSSR count). The lowest BCUT2D eigenvalue weighted by Gasteiger charge is -2.26. The number of thiazole rings is 1. The van der Waals surface area contributed by atoms with Crippen LogP contribution in [0.1, 0.15) is 108 Å². The average Bonchev–Trinajstić information content (AvgIpc) is 1.73. The van der Waals surface area contributed by atoms with Crippen molar-refractivity contribution in [1.29, 1.82) is 0 Å². The minimum Gasteiger partial charge on any atom is -0.494 e. The predicted molar refractivity (Wildman–Crippen MR) is 343 cm³/mol. The lowest BCUT2D eigenvalue weighted by Crippen LogP contribution is -2.32. The molecule has 2 aliphatic rings. The molecule has 0 saturated heterocycles. The van der Waals surface area contributed by atoms with E-state index in [2.05, 4.69) is 26.3 Å². The zero-order valence-corrected chi connectivity index (χ0v) is 52.4. The Bertz CT molecular complexity index is 3290. The number of anilines is 1. The molecule has 5 aromatic rings. The molecule has 0 bridgehead atoms. The van der Waals surface area contributed by atoms with E-state index in [4.69, 9.17) is 57.5 Å². The van der Waals surface area contributed by atoms with E-state index in [9.17, 15) is 38.4 Å². The van der Waals surface area contributed by atoms with Gasteiger partial charge in [0.25, 0.3) is 0 Å². The Labute approximate surface area is 539 Å². The minimum absolute atomic E-state index is 0.00124. The highest BCUT2D eigenvalue weighted by Crippen LogP contribution is 2.36. The van der Waals surface area contributed by atoms with Crippen molar-refractivity contribution in [3.63, 3.8) is 0 Å². The van der Waals surface area contributed by atoms with E-state index in [0.717, 1.165) is 80.4 Å². The number of esters is 8. The Morgan fingerprint density at radius 3 is 1.32 bits per heavy atom. The van der Waals surface area contributed by atoms with Gasteiger partial charge in [-0.1, -0.05) is 49.8 Å². The number of aromatic nitrogens is 1. The monoisotopic (exact) mass is 1280 g/mol. The number of fused-ring (bicyclic) bond motifs is 1. The number of benzene rings is 4. The second-order valence-electron chi connectivity index (χ2n) is 22.0. The second kappa shape index (κ2) is 37.7. The van der Waals surface area contributed by atoms with Crippen LogP contribution in [-0.2, 0) is 57.3 Å². The van der Waals surface area contributed by atoms with E-state index in [1.54, 1.807) is 53.5 Å². The number of para-hydroxylation sites is 1. The fourth-order valence-corrected chi connectivity index (χ4v) is 11.0. The molecule has 0 atom stereocenters. The Morgan fingerprint density at radius 2 is 0.870 bits per heavy atom. The number of hydrogen-bond acceptors (Lipinski definition) is 22. The molecule has 0 spiro atoms. The largest absolute Gasteiger partial charge is 0.494 e. The molecule has 2 saturated carbocycles. The van der Waals surface area contributed by atoms with Gasteiger partial charge in [0.15, 0.2) is 0 Å². The molecule has 2 aliphatic carbocycles. The minimum atomic E-state index is -0.689. The summed E-state index contributed by atoms with van der Waals surface area (Å²) >= 11 is 1.32. The molecule has 2 fully saturated rings. The third kappa shape index (κ3) is 23.4. The maximum Gasteiger partial charge on any atom is 0.330 e. The van der Waals surface area contributed by atoms with E-state index in [0.29, 0.717) is 111 Å². The van der Waals surface area contributed by atoms with Crippen molar-refractivity contribution in [2.24, 2.45) is 34.7 Å². The van der Waals surface area contributed by atoms with Gasteiger partial charge in [-0.05, 0) is 182 Å².